The lowest BCUT2D eigenvalue weighted by Crippen LogP contribution is -2.30. The molecule has 4 rings (SSSR count). The SMILES string of the molecule is CCCCCC1CCC(C2CCC(C(=O)Oc3ccc(OC(=O)c4ccc(OCCOC(=O)CCCCCO)cc4)cc3)CC2)CC1. The zero-order valence-corrected chi connectivity index (χ0v) is 28.2. The highest BCUT2D eigenvalue weighted by atomic mass is 16.6. The molecule has 0 amide bonds. The van der Waals surface area contributed by atoms with E-state index in [0.29, 0.717) is 42.1 Å². The van der Waals surface area contributed by atoms with Crippen molar-refractivity contribution in [2.45, 2.75) is 110 Å². The smallest absolute Gasteiger partial charge is 0.343 e. The van der Waals surface area contributed by atoms with Gasteiger partial charge in [0, 0.05) is 13.0 Å². The van der Waals surface area contributed by atoms with Gasteiger partial charge in [-0.05, 0) is 118 Å². The minimum atomic E-state index is -0.516. The lowest BCUT2D eigenvalue weighted by molar-refractivity contribution is -0.144. The van der Waals surface area contributed by atoms with E-state index in [1.807, 2.05) is 0 Å². The lowest BCUT2D eigenvalue weighted by Gasteiger charge is -2.37. The Labute approximate surface area is 280 Å². The van der Waals surface area contributed by atoms with Crippen LogP contribution in [0, 0.1) is 23.7 Å². The molecule has 0 saturated heterocycles. The summed E-state index contributed by atoms with van der Waals surface area (Å²) >= 11 is 0. The highest BCUT2D eigenvalue weighted by molar-refractivity contribution is 5.91. The van der Waals surface area contributed by atoms with Gasteiger partial charge in [-0.1, -0.05) is 51.9 Å². The first kappa shape index (κ1) is 36.4. The minimum Gasteiger partial charge on any atom is -0.490 e. The van der Waals surface area contributed by atoms with Gasteiger partial charge in [0.25, 0.3) is 0 Å². The molecule has 0 spiro atoms. The highest BCUT2D eigenvalue weighted by Gasteiger charge is 2.33. The number of hydrogen-bond acceptors (Lipinski definition) is 8. The Hall–Kier alpha value is -3.39. The summed E-state index contributed by atoms with van der Waals surface area (Å²) in [4.78, 5) is 37.3. The van der Waals surface area contributed by atoms with Crippen molar-refractivity contribution < 1.29 is 38.4 Å². The summed E-state index contributed by atoms with van der Waals surface area (Å²) in [6, 6.07) is 13.1. The fraction of sp³-hybridized carbons (Fsp3) is 0.615. The molecule has 2 aliphatic carbocycles. The van der Waals surface area contributed by atoms with Crippen molar-refractivity contribution in [1.29, 1.82) is 0 Å². The van der Waals surface area contributed by atoms with Gasteiger partial charge in [-0.15, -0.1) is 0 Å². The molecule has 0 heterocycles. The first-order valence-electron chi connectivity index (χ1n) is 18.0. The standard InChI is InChI=1S/C39H54O8/c1-2-3-5-8-29-10-12-30(13-11-29)31-14-16-32(17-15-31)38(42)46-35-22-24-36(25-23-35)47-39(43)33-18-20-34(21-19-33)44-27-28-45-37(41)9-6-4-7-26-40/h18-25,29-32,40H,2-17,26-28H2,1H3. The number of rotatable bonds is 18. The van der Waals surface area contributed by atoms with Crippen molar-refractivity contribution in [3.05, 3.63) is 54.1 Å². The highest BCUT2D eigenvalue weighted by Crippen LogP contribution is 2.42. The fourth-order valence-corrected chi connectivity index (χ4v) is 7.03. The molecule has 8 heteroatoms. The second kappa shape index (κ2) is 20.1. The molecule has 258 valence electrons. The summed E-state index contributed by atoms with van der Waals surface area (Å²) in [7, 11) is 0. The van der Waals surface area contributed by atoms with Crippen LogP contribution in [0.5, 0.6) is 17.2 Å². The number of aliphatic hydroxyl groups is 1. The van der Waals surface area contributed by atoms with Crippen LogP contribution < -0.4 is 14.2 Å². The predicted octanol–water partition coefficient (Wildman–Crippen LogP) is 8.48. The van der Waals surface area contributed by atoms with Gasteiger partial charge in [0.2, 0.25) is 0 Å². The minimum absolute atomic E-state index is 0.0519. The number of esters is 3. The van der Waals surface area contributed by atoms with Gasteiger partial charge < -0.3 is 24.1 Å². The maximum absolute atomic E-state index is 12.9. The zero-order chi connectivity index (χ0) is 33.3. The Morgan fingerprint density at radius 1 is 0.681 bits per heavy atom. The van der Waals surface area contributed by atoms with Crippen molar-refractivity contribution in [2.75, 3.05) is 19.8 Å². The third-order valence-electron chi connectivity index (χ3n) is 9.88. The normalized spacial score (nSPS) is 21.1. The number of carbonyl (C=O) groups excluding carboxylic acids is 3. The molecule has 2 aromatic rings. The van der Waals surface area contributed by atoms with Crippen LogP contribution in [0.2, 0.25) is 0 Å². The third kappa shape index (κ3) is 12.6. The number of carbonyl (C=O) groups is 3. The van der Waals surface area contributed by atoms with Crippen LogP contribution in [0.15, 0.2) is 48.5 Å². The maximum Gasteiger partial charge on any atom is 0.343 e. The molecule has 2 saturated carbocycles. The van der Waals surface area contributed by atoms with Crippen LogP contribution in [-0.4, -0.2) is 42.8 Å². The van der Waals surface area contributed by atoms with Crippen molar-refractivity contribution in [2.24, 2.45) is 23.7 Å². The van der Waals surface area contributed by atoms with E-state index in [9.17, 15) is 14.4 Å². The largest absolute Gasteiger partial charge is 0.490 e. The van der Waals surface area contributed by atoms with Gasteiger partial charge in [0.15, 0.2) is 0 Å². The Morgan fingerprint density at radius 3 is 1.94 bits per heavy atom. The molecular formula is C39H54O8. The van der Waals surface area contributed by atoms with Crippen molar-refractivity contribution in [1.82, 2.24) is 0 Å². The first-order valence-corrected chi connectivity index (χ1v) is 18.0. The average molecular weight is 651 g/mol. The van der Waals surface area contributed by atoms with E-state index in [1.54, 1.807) is 48.5 Å². The molecule has 0 radical (unpaired) electrons. The van der Waals surface area contributed by atoms with Crippen LogP contribution in [0.3, 0.4) is 0 Å². The molecule has 8 nitrogen and oxygen atoms in total. The molecule has 0 aromatic heterocycles. The summed E-state index contributed by atoms with van der Waals surface area (Å²) in [6.07, 6.45) is 17.5. The zero-order valence-electron chi connectivity index (χ0n) is 28.2. The molecule has 2 aromatic carbocycles. The van der Waals surface area contributed by atoms with E-state index in [-0.39, 0.29) is 37.7 Å². The molecule has 1 N–H and O–H groups in total. The van der Waals surface area contributed by atoms with E-state index in [0.717, 1.165) is 49.9 Å². The Morgan fingerprint density at radius 2 is 1.30 bits per heavy atom. The Kier molecular flexibility index (Phi) is 15.6. The van der Waals surface area contributed by atoms with E-state index < -0.39 is 5.97 Å². The first-order chi connectivity index (χ1) is 22.9. The van der Waals surface area contributed by atoms with Gasteiger partial charge in [-0.2, -0.15) is 0 Å². The van der Waals surface area contributed by atoms with E-state index in [2.05, 4.69) is 6.92 Å². The second-order valence-electron chi connectivity index (χ2n) is 13.3. The summed E-state index contributed by atoms with van der Waals surface area (Å²) in [5.74, 6) is 2.85. The second-order valence-corrected chi connectivity index (χ2v) is 13.3. The maximum atomic E-state index is 12.9. The number of hydrogen-bond donors (Lipinski definition) is 1. The molecule has 2 fully saturated rings. The predicted molar refractivity (Wildman–Crippen MR) is 181 cm³/mol. The van der Waals surface area contributed by atoms with Crippen LogP contribution in [-0.2, 0) is 14.3 Å². The van der Waals surface area contributed by atoms with Gasteiger partial charge in [0.1, 0.15) is 30.5 Å². The summed E-state index contributed by atoms with van der Waals surface area (Å²) < 4.78 is 21.9. The van der Waals surface area contributed by atoms with E-state index in [4.69, 9.17) is 24.1 Å². The van der Waals surface area contributed by atoms with Crippen molar-refractivity contribution in [3.63, 3.8) is 0 Å². The average Bonchev–Trinajstić information content (AvgIpc) is 3.10. The Bertz CT molecular complexity index is 1210. The molecule has 0 atom stereocenters. The van der Waals surface area contributed by atoms with Crippen LogP contribution in [0.1, 0.15) is 120 Å². The quantitative estimate of drug-likeness (QED) is 0.0972. The summed E-state index contributed by atoms with van der Waals surface area (Å²) in [5, 5.41) is 8.77. The molecule has 47 heavy (non-hydrogen) atoms. The van der Waals surface area contributed by atoms with Gasteiger partial charge in [-0.25, -0.2) is 4.79 Å². The monoisotopic (exact) mass is 650 g/mol. The lowest BCUT2D eigenvalue weighted by atomic mass is 9.68. The van der Waals surface area contributed by atoms with Gasteiger partial charge >= 0.3 is 17.9 Å². The summed E-state index contributed by atoms with van der Waals surface area (Å²) in [6.45, 7) is 2.74. The molecule has 0 aliphatic heterocycles. The third-order valence-corrected chi connectivity index (χ3v) is 9.88. The number of benzene rings is 2. The van der Waals surface area contributed by atoms with Crippen LogP contribution >= 0.6 is 0 Å². The molecule has 2 aliphatic rings. The fourth-order valence-electron chi connectivity index (χ4n) is 7.03. The Balaban J connectivity index is 1.11. The van der Waals surface area contributed by atoms with Crippen LogP contribution in [0.4, 0.5) is 0 Å². The van der Waals surface area contributed by atoms with E-state index in [1.165, 1.54) is 51.4 Å². The van der Waals surface area contributed by atoms with Gasteiger partial charge in [0.05, 0.1) is 11.5 Å². The topological polar surface area (TPSA) is 108 Å². The molecular weight excluding hydrogens is 596 g/mol. The molecule has 0 bridgehead atoms. The van der Waals surface area contributed by atoms with E-state index >= 15 is 0 Å². The summed E-state index contributed by atoms with van der Waals surface area (Å²) in [5.41, 5.74) is 0.359. The number of aliphatic hydroxyl groups excluding tert-OH is 1. The molecule has 0 unspecified atom stereocenters. The van der Waals surface area contributed by atoms with Crippen molar-refractivity contribution in [3.8, 4) is 17.2 Å². The van der Waals surface area contributed by atoms with Crippen molar-refractivity contribution >= 4 is 17.9 Å². The number of unbranched alkanes of at least 4 members (excludes halogenated alkanes) is 4. The van der Waals surface area contributed by atoms with Crippen LogP contribution in [0.25, 0.3) is 0 Å². The number of ether oxygens (including phenoxy) is 4. The van der Waals surface area contributed by atoms with Gasteiger partial charge in [-0.3, -0.25) is 9.59 Å².